The summed E-state index contributed by atoms with van der Waals surface area (Å²) in [6, 6.07) is 15.7. The Labute approximate surface area is 210 Å². The molecule has 3 N–H and O–H groups in total. The summed E-state index contributed by atoms with van der Waals surface area (Å²) in [6.07, 6.45) is -0.595. The van der Waals surface area contributed by atoms with E-state index in [0.29, 0.717) is 16.3 Å². The van der Waals surface area contributed by atoms with Crippen molar-refractivity contribution in [1.29, 1.82) is 0 Å². The molecule has 3 aromatic carbocycles. The maximum Gasteiger partial charge on any atom is 0.328 e. The van der Waals surface area contributed by atoms with Crippen LogP contribution < -0.4 is 16.0 Å². The maximum absolute atomic E-state index is 13.5. The van der Waals surface area contributed by atoms with Crippen LogP contribution in [0.4, 0.5) is 10.5 Å². The second-order valence-corrected chi connectivity index (χ2v) is 8.79. The van der Waals surface area contributed by atoms with Crippen molar-refractivity contribution in [3.8, 4) is 0 Å². The molecule has 182 valence electrons. The standard InChI is InChI=1S/C26H20ClN3O6/c1-13-10-17(27)8-9-20(13)28-25(35)22(32)18(12-19-23(33)29-26(36)30-24(19)34)21(31)16-7-6-14-4-2-3-5-15(14)11-16/h2-11,18-19H,12H2,1H3,(H,28,35)(H2,29,30,33,34,36)/t18-/m0/s1. The van der Waals surface area contributed by atoms with Gasteiger partial charge in [-0.3, -0.25) is 34.6 Å². The third-order valence-electron chi connectivity index (χ3n) is 5.91. The Morgan fingerprint density at radius 1 is 0.917 bits per heavy atom. The van der Waals surface area contributed by atoms with E-state index in [-0.39, 0.29) is 5.56 Å². The van der Waals surface area contributed by atoms with E-state index in [9.17, 15) is 28.8 Å². The van der Waals surface area contributed by atoms with Gasteiger partial charge in [-0.2, -0.15) is 0 Å². The van der Waals surface area contributed by atoms with Gasteiger partial charge in [0.2, 0.25) is 17.6 Å². The summed E-state index contributed by atoms with van der Waals surface area (Å²) in [5, 5.41) is 8.38. The van der Waals surface area contributed by atoms with E-state index >= 15 is 0 Å². The lowest BCUT2D eigenvalue weighted by Gasteiger charge is -2.24. The summed E-state index contributed by atoms with van der Waals surface area (Å²) in [6.45, 7) is 1.68. The first-order chi connectivity index (χ1) is 17.1. The van der Waals surface area contributed by atoms with Crippen LogP contribution >= 0.6 is 11.6 Å². The average molecular weight is 506 g/mol. The number of anilines is 1. The Bertz CT molecular complexity index is 1430. The van der Waals surface area contributed by atoms with Gasteiger partial charge < -0.3 is 5.32 Å². The van der Waals surface area contributed by atoms with Crippen molar-refractivity contribution in [1.82, 2.24) is 10.6 Å². The number of carbonyl (C=O) groups is 6. The van der Waals surface area contributed by atoms with Crippen molar-refractivity contribution >= 4 is 63.4 Å². The zero-order valence-corrected chi connectivity index (χ0v) is 19.7. The third kappa shape index (κ3) is 5.16. The number of amides is 5. The van der Waals surface area contributed by atoms with Gasteiger partial charge in [0.25, 0.3) is 5.91 Å². The van der Waals surface area contributed by atoms with Crippen molar-refractivity contribution < 1.29 is 28.8 Å². The monoisotopic (exact) mass is 505 g/mol. The lowest BCUT2D eigenvalue weighted by Crippen LogP contribution is -2.56. The molecular formula is C26H20ClN3O6. The maximum atomic E-state index is 13.5. The fourth-order valence-electron chi connectivity index (χ4n) is 3.98. The molecule has 5 amide bonds. The van der Waals surface area contributed by atoms with Gasteiger partial charge in [0.05, 0.1) is 5.92 Å². The number of carbonyl (C=O) groups excluding carboxylic acids is 6. The van der Waals surface area contributed by atoms with Crippen LogP contribution in [0.3, 0.4) is 0 Å². The highest BCUT2D eigenvalue weighted by atomic mass is 35.5. The van der Waals surface area contributed by atoms with Gasteiger partial charge in [-0.15, -0.1) is 0 Å². The second kappa shape index (κ2) is 10.1. The number of fused-ring (bicyclic) bond motifs is 1. The van der Waals surface area contributed by atoms with E-state index < -0.39 is 53.6 Å². The van der Waals surface area contributed by atoms with E-state index in [2.05, 4.69) is 5.32 Å². The molecule has 1 aliphatic rings. The highest BCUT2D eigenvalue weighted by Crippen LogP contribution is 2.25. The van der Waals surface area contributed by atoms with E-state index in [1.54, 1.807) is 37.3 Å². The molecule has 0 radical (unpaired) electrons. The Morgan fingerprint density at radius 3 is 2.25 bits per heavy atom. The molecule has 0 bridgehead atoms. The Kier molecular flexibility index (Phi) is 6.93. The Balaban J connectivity index is 1.66. The molecule has 4 rings (SSSR count). The number of barbiturate groups is 1. The summed E-state index contributed by atoms with van der Waals surface area (Å²) >= 11 is 5.94. The fourth-order valence-corrected chi connectivity index (χ4v) is 4.21. The number of hydrogen-bond acceptors (Lipinski definition) is 6. The minimum atomic E-state index is -1.66. The molecule has 1 fully saturated rings. The number of imide groups is 2. The lowest BCUT2D eigenvalue weighted by atomic mass is 9.83. The number of nitrogens with one attached hydrogen (secondary N) is 3. The van der Waals surface area contributed by atoms with Gasteiger partial charge in [-0.1, -0.05) is 48.0 Å². The number of hydrogen-bond donors (Lipinski definition) is 3. The zero-order chi connectivity index (χ0) is 26.0. The van der Waals surface area contributed by atoms with Gasteiger partial charge in [-0.25, -0.2) is 4.79 Å². The molecule has 0 saturated carbocycles. The molecule has 10 heteroatoms. The summed E-state index contributed by atoms with van der Waals surface area (Å²) in [7, 11) is 0. The predicted octanol–water partition coefficient (Wildman–Crippen LogP) is 3.18. The molecule has 1 heterocycles. The Morgan fingerprint density at radius 2 is 1.58 bits per heavy atom. The molecule has 0 aliphatic carbocycles. The van der Waals surface area contributed by atoms with E-state index in [0.717, 1.165) is 10.8 Å². The van der Waals surface area contributed by atoms with Gasteiger partial charge in [-0.05, 0) is 53.9 Å². The summed E-state index contributed by atoms with van der Waals surface area (Å²) in [4.78, 5) is 75.7. The van der Waals surface area contributed by atoms with Crippen LogP contribution in [-0.2, 0) is 19.2 Å². The Hall–Kier alpha value is -4.37. The first-order valence-corrected chi connectivity index (χ1v) is 11.3. The van der Waals surface area contributed by atoms with E-state index in [1.165, 1.54) is 18.2 Å². The SMILES string of the molecule is Cc1cc(Cl)ccc1NC(=O)C(=O)[C@@H](CC1C(=O)NC(=O)NC1=O)C(=O)c1ccc2ccccc2c1. The van der Waals surface area contributed by atoms with Crippen molar-refractivity contribution in [2.24, 2.45) is 11.8 Å². The molecule has 0 spiro atoms. The minimum absolute atomic E-state index is 0.134. The molecular weight excluding hydrogens is 486 g/mol. The topological polar surface area (TPSA) is 139 Å². The van der Waals surface area contributed by atoms with Gasteiger partial charge in [0.1, 0.15) is 5.92 Å². The summed E-state index contributed by atoms with van der Waals surface area (Å²) in [5.41, 5.74) is 1.04. The van der Waals surface area contributed by atoms with Crippen LogP contribution in [0.1, 0.15) is 22.3 Å². The van der Waals surface area contributed by atoms with Crippen LogP contribution in [0.25, 0.3) is 10.8 Å². The summed E-state index contributed by atoms with van der Waals surface area (Å²) in [5.74, 6) is -8.04. The summed E-state index contributed by atoms with van der Waals surface area (Å²) < 4.78 is 0. The predicted molar refractivity (Wildman–Crippen MR) is 131 cm³/mol. The molecule has 1 aliphatic heterocycles. The molecule has 0 aromatic heterocycles. The smallest absolute Gasteiger partial charge is 0.319 e. The van der Waals surface area contributed by atoms with Crippen LogP contribution in [0.2, 0.25) is 5.02 Å². The van der Waals surface area contributed by atoms with Crippen LogP contribution in [0.15, 0.2) is 60.7 Å². The van der Waals surface area contributed by atoms with E-state index in [1.807, 2.05) is 22.8 Å². The van der Waals surface area contributed by atoms with Crippen molar-refractivity contribution in [2.75, 3.05) is 5.32 Å². The fraction of sp³-hybridized carbons (Fsp3) is 0.154. The number of urea groups is 1. The molecule has 1 atom stereocenters. The highest BCUT2D eigenvalue weighted by Gasteiger charge is 2.42. The number of benzene rings is 3. The van der Waals surface area contributed by atoms with Crippen LogP contribution in [0.5, 0.6) is 0 Å². The van der Waals surface area contributed by atoms with Gasteiger partial charge in [0, 0.05) is 16.3 Å². The quantitative estimate of drug-likeness (QED) is 0.256. The van der Waals surface area contributed by atoms with Crippen molar-refractivity contribution in [2.45, 2.75) is 13.3 Å². The highest BCUT2D eigenvalue weighted by molar-refractivity contribution is 6.45. The molecule has 1 saturated heterocycles. The first kappa shape index (κ1) is 24.7. The zero-order valence-electron chi connectivity index (χ0n) is 19.0. The van der Waals surface area contributed by atoms with E-state index in [4.69, 9.17) is 11.6 Å². The molecule has 0 unspecified atom stereocenters. The third-order valence-corrected chi connectivity index (χ3v) is 6.14. The average Bonchev–Trinajstić information content (AvgIpc) is 2.84. The number of rotatable bonds is 7. The molecule has 36 heavy (non-hydrogen) atoms. The van der Waals surface area contributed by atoms with Crippen LogP contribution in [-0.4, -0.2) is 35.3 Å². The number of aryl methyl sites for hydroxylation is 1. The lowest BCUT2D eigenvalue weighted by molar-refractivity contribution is -0.139. The minimum Gasteiger partial charge on any atom is -0.319 e. The normalized spacial score (nSPS) is 14.7. The number of halogens is 1. The molecule has 9 nitrogen and oxygen atoms in total. The molecule has 3 aromatic rings. The van der Waals surface area contributed by atoms with Gasteiger partial charge in [0.15, 0.2) is 5.78 Å². The first-order valence-electron chi connectivity index (χ1n) is 10.9. The van der Waals surface area contributed by atoms with Crippen LogP contribution in [0, 0.1) is 18.8 Å². The van der Waals surface area contributed by atoms with Crippen molar-refractivity contribution in [3.63, 3.8) is 0 Å². The van der Waals surface area contributed by atoms with Gasteiger partial charge >= 0.3 is 6.03 Å². The number of Topliss-reactive ketones (excluding diaryl/α,β-unsaturated/α-hetero) is 2. The largest absolute Gasteiger partial charge is 0.328 e. The number of ketones is 2. The second-order valence-electron chi connectivity index (χ2n) is 8.35. The van der Waals surface area contributed by atoms with Crippen molar-refractivity contribution in [3.05, 3.63) is 76.8 Å².